The molecule has 2 atom stereocenters. The first-order chi connectivity index (χ1) is 9.12. The number of nitriles is 1. The van der Waals surface area contributed by atoms with E-state index in [9.17, 15) is 5.26 Å². The highest BCUT2D eigenvalue weighted by molar-refractivity contribution is 9.10. The van der Waals surface area contributed by atoms with Gasteiger partial charge in [-0.05, 0) is 57.0 Å². The maximum absolute atomic E-state index is 9.67. The molecular weight excluding hydrogens is 302 g/mol. The Balaban J connectivity index is 1.81. The Morgan fingerprint density at radius 3 is 2.37 bits per heavy atom. The number of nitrogens with zero attached hydrogens (tertiary/aromatic N) is 2. The number of halogens is 1. The molecule has 1 N–H and O–H groups in total. The lowest BCUT2D eigenvalue weighted by molar-refractivity contribution is 0.146. The second-order valence-corrected chi connectivity index (χ2v) is 6.70. The van der Waals surface area contributed by atoms with Crippen LogP contribution in [-0.4, -0.2) is 29.6 Å². The number of hydrogen-bond donors (Lipinski definition) is 1. The third-order valence-electron chi connectivity index (χ3n) is 4.60. The average Bonchev–Trinajstić information content (AvgIpc) is 2.65. The molecule has 0 aromatic heterocycles. The van der Waals surface area contributed by atoms with Crippen molar-refractivity contribution in [3.8, 4) is 6.07 Å². The van der Waals surface area contributed by atoms with E-state index in [4.69, 9.17) is 0 Å². The van der Waals surface area contributed by atoms with E-state index in [-0.39, 0.29) is 0 Å². The Kier molecular flexibility index (Phi) is 3.28. The molecule has 0 aliphatic carbocycles. The monoisotopic (exact) mass is 319 g/mol. The van der Waals surface area contributed by atoms with Gasteiger partial charge in [0.15, 0.2) is 0 Å². The van der Waals surface area contributed by atoms with E-state index in [0.717, 1.165) is 23.0 Å². The summed E-state index contributed by atoms with van der Waals surface area (Å²) in [5, 5.41) is 13.2. The zero-order valence-electron chi connectivity index (χ0n) is 11.1. The van der Waals surface area contributed by atoms with Crippen LogP contribution >= 0.6 is 15.9 Å². The normalized spacial score (nSPS) is 33.9. The quantitative estimate of drug-likeness (QED) is 0.908. The van der Waals surface area contributed by atoms with E-state index in [1.807, 2.05) is 24.3 Å². The van der Waals surface area contributed by atoms with Crippen molar-refractivity contribution in [3.05, 3.63) is 28.7 Å². The molecule has 3 rings (SSSR count). The zero-order chi connectivity index (χ0) is 13.5. The van der Waals surface area contributed by atoms with Crippen LogP contribution in [0, 0.1) is 11.3 Å². The van der Waals surface area contributed by atoms with Crippen molar-refractivity contribution in [2.45, 2.75) is 43.3 Å². The van der Waals surface area contributed by atoms with Gasteiger partial charge in [-0.15, -0.1) is 0 Å². The molecule has 2 heterocycles. The van der Waals surface area contributed by atoms with Crippen molar-refractivity contribution >= 4 is 21.6 Å². The number of fused-ring (bicyclic) bond motifs is 2. The van der Waals surface area contributed by atoms with Gasteiger partial charge in [0, 0.05) is 22.2 Å². The van der Waals surface area contributed by atoms with Crippen molar-refractivity contribution in [2.24, 2.45) is 0 Å². The fraction of sp³-hybridized carbons (Fsp3) is 0.533. The lowest BCUT2D eigenvalue weighted by Gasteiger charge is -2.42. The van der Waals surface area contributed by atoms with E-state index in [0.29, 0.717) is 12.1 Å². The summed E-state index contributed by atoms with van der Waals surface area (Å²) in [4.78, 5) is 2.46. The summed E-state index contributed by atoms with van der Waals surface area (Å²) in [7, 11) is 2.20. The molecule has 2 bridgehead atoms. The Morgan fingerprint density at radius 2 is 1.84 bits per heavy atom. The summed E-state index contributed by atoms with van der Waals surface area (Å²) in [6.45, 7) is 0. The number of nitrogens with one attached hydrogen (secondary N) is 1. The molecule has 0 spiro atoms. The van der Waals surface area contributed by atoms with Gasteiger partial charge in [-0.3, -0.25) is 0 Å². The SMILES string of the molecule is CN1C2CCC1CC(C#N)(Nc1ccc(Br)cc1)C2. The Bertz CT molecular complexity index is 491. The highest BCUT2D eigenvalue weighted by atomic mass is 79.9. The topological polar surface area (TPSA) is 39.1 Å². The highest BCUT2D eigenvalue weighted by Gasteiger charge is 2.47. The molecular formula is C15H18BrN3. The van der Waals surface area contributed by atoms with Crippen LogP contribution in [-0.2, 0) is 0 Å². The number of piperidine rings is 1. The Hall–Kier alpha value is -1.05. The van der Waals surface area contributed by atoms with Gasteiger partial charge in [0.05, 0.1) is 6.07 Å². The minimum absolute atomic E-state index is 0.397. The molecule has 1 aromatic rings. The molecule has 19 heavy (non-hydrogen) atoms. The molecule has 4 heteroatoms. The predicted octanol–water partition coefficient (Wildman–Crippen LogP) is 3.38. The van der Waals surface area contributed by atoms with Crippen molar-refractivity contribution in [1.82, 2.24) is 4.90 Å². The molecule has 1 aromatic carbocycles. The summed E-state index contributed by atoms with van der Waals surface area (Å²) in [6.07, 6.45) is 4.30. The molecule has 2 unspecified atom stereocenters. The van der Waals surface area contributed by atoms with Gasteiger partial charge in [0.2, 0.25) is 0 Å². The van der Waals surface area contributed by atoms with Gasteiger partial charge in [-0.2, -0.15) is 5.26 Å². The Labute approximate surface area is 122 Å². The smallest absolute Gasteiger partial charge is 0.128 e. The summed E-state index contributed by atoms with van der Waals surface area (Å²) in [5.74, 6) is 0. The molecule has 0 radical (unpaired) electrons. The van der Waals surface area contributed by atoms with Crippen LogP contribution in [0.25, 0.3) is 0 Å². The van der Waals surface area contributed by atoms with Crippen LogP contribution in [0.3, 0.4) is 0 Å². The molecule has 0 amide bonds. The van der Waals surface area contributed by atoms with Crippen molar-refractivity contribution < 1.29 is 0 Å². The van der Waals surface area contributed by atoms with E-state index >= 15 is 0 Å². The van der Waals surface area contributed by atoms with E-state index in [2.05, 4.69) is 39.3 Å². The van der Waals surface area contributed by atoms with Crippen LogP contribution in [0.15, 0.2) is 28.7 Å². The second-order valence-electron chi connectivity index (χ2n) is 5.78. The van der Waals surface area contributed by atoms with Crippen LogP contribution in [0.4, 0.5) is 5.69 Å². The lowest BCUT2D eigenvalue weighted by atomic mass is 9.84. The first kappa shape index (κ1) is 13.0. The van der Waals surface area contributed by atoms with Crippen molar-refractivity contribution in [3.63, 3.8) is 0 Å². The predicted molar refractivity (Wildman–Crippen MR) is 79.9 cm³/mol. The van der Waals surface area contributed by atoms with E-state index in [1.54, 1.807) is 0 Å². The largest absolute Gasteiger partial charge is 0.367 e. The van der Waals surface area contributed by atoms with Crippen molar-refractivity contribution in [1.29, 1.82) is 5.26 Å². The van der Waals surface area contributed by atoms with Gasteiger partial charge >= 0.3 is 0 Å². The summed E-state index contributed by atoms with van der Waals surface area (Å²) < 4.78 is 1.06. The molecule has 2 aliphatic heterocycles. The minimum atomic E-state index is -0.397. The van der Waals surface area contributed by atoms with Gasteiger partial charge in [0.1, 0.15) is 5.54 Å². The van der Waals surface area contributed by atoms with E-state index in [1.165, 1.54) is 12.8 Å². The van der Waals surface area contributed by atoms with Crippen molar-refractivity contribution in [2.75, 3.05) is 12.4 Å². The third kappa shape index (κ3) is 2.37. The maximum Gasteiger partial charge on any atom is 0.128 e. The minimum Gasteiger partial charge on any atom is -0.367 e. The van der Waals surface area contributed by atoms with Gasteiger partial charge in [-0.1, -0.05) is 15.9 Å². The van der Waals surface area contributed by atoms with Gasteiger partial charge in [-0.25, -0.2) is 0 Å². The fourth-order valence-electron chi connectivity index (χ4n) is 3.50. The molecule has 100 valence electrons. The molecule has 2 aliphatic rings. The number of benzene rings is 1. The van der Waals surface area contributed by atoms with Crippen LogP contribution in [0.5, 0.6) is 0 Å². The van der Waals surface area contributed by atoms with Crippen LogP contribution in [0.1, 0.15) is 25.7 Å². The Morgan fingerprint density at radius 1 is 1.26 bits per heavy atom. The first-order valence-electron chi connectivity index (χ1n) is 6.79. The standard InChI is InChI=1S/C15H18BrN3/c1-19-13-6-7-14(19)9-15(8-13,10-17)18-12-4-2-11(16)3-5-12/h2-5,13-14,18H,6-9H2,1H3. The van der Waals surface area contributed by atoms with Gasteiger partial charge in [0.25, 0.3) is 0 Å². The highest BCUT2D eigenvalue weighted by Crippen LogP contribution is 2.41. The lowest BCUT2D eigenvalue weighted by Crippen LogP contribution is -2.52. The summed E-state index contributed by atoms with van der Waals surface area (Å²) >= 11 is 3.44. The maximum atomic E-state index is 9.67. The molecule has 2 fully saturated rings. The second kappa shape index (κ2) is 4.81. The first-order valence-corrected chi connectivity index (χ1v) is 7.58. The molecule has 0 saturated carbocycles. The fourth-order valence-corrected chi connectivity index (χ4v) is 3.77. The average molecular weight is 320 g/mol. The molecule has 3 nitrogen and oxygen atoms in total. The van der Waals surface area contributed by atoms with Crippen LogP contribution < -0.4 is 5.32 Å². The summed E-state index contributed by atoms with van der Waals surface area (Å²) in [5.41, 5.74) is 0.639. The van der Waals surface area contributed by atoms with E-state index < -0.39 is 5.54 Å². The zero-order valence-corrected chi connectivity index (χ0v) is 12.7. The van der Waals surface area contributed by atoms with Gasteiger partial charge < -0.3 is 10.2 Å². The summed E-state index contributed by atoms with van der Waals surface area (Å²) in [6, 6.07) is 11.8. The van der Waals surface area contributed by atoms with Crippen LogP contribution in [0.2, 0.25) is 0 Å². The number of anilines is 1. The number of rotatable bonds is 2. The third-order valence-corrected chi connectivity index (χ3v) is 5.12. The molecule has 2 saturated heterocycles. The number of hydrogen-bond acceptors (Lipinski definition) is 3.